The van der Waals surface area contributed by atoms with Gasteiger partial charge in [-0.3, -0.25) is 0 Å². The molecule has 2 rings (SSSR count). The van der Waals surface area contributed by atoms with E-state index in [2.05, 4.69) is 6.92 Å². The minimum absolute atomic E-state index is 0.391. The van der Waals surface area contributed by atoms with Crippen molar-refractivity contribution in [2.45, 2.75) is 33.1 Å². The average molecular weight is 394 g/mol. The van der Waals surface area contributed by atoms with E-state index in [1.165, 1.54) is 5.56 Å². The summed E-state index contributed by atoms with van der Waals surface area (Å²) in [5, 5.41) is 0. The summed E-state index contributed by atoms with van der Waals surface area (Å²) >= 11 is 0. The highest BCUT2D eigenvalue weighted by atomic mass is 31.2. The Bertz CT molecular complexity index is 801. The SMILES string of the molecule is CCCCc1ccc(C(=O)OC(=O)c2ccccc2C)cc1.O=P(O)(O)O. The molecule has 0 bridgehead atoms. The number of rotatable bonds is 5. The summed E-state index contributed by atoms with van der Waals surface area (Å²) in [6, 6.07) is 14.3. The molecule has 0 aliphatic carbocycles. The molecule has 0 atom stereocenters. The normalized spacial score (nSPS) is 10.6. The van der Waals surface area contributed by atoms with Crippen LogP contribution < -0.4 is 0 Å². The third kappa shape index (κ3) is 9.26. The van der Waals surface area contributed by atoms with Crippen LogP contribution in [0.1, 0.15) is 51.6 Å². The summed E-state index contributed by atoms with van der Waals surface area (Å²) in [6.45, 7) is 3.95. The highest BCUT2D eigenvalue weighted by molar-refractivity contribution is 7.45. The van der Waals surface area contributed by atoms with Gasteiger partial charge in [0.2, 0.25) is 0 Å². The van der Waals surface area contributed by atoms with Crippen LogP contribution in [-0.4, -0.2) is 26.6 Å². The maximum absolute atomic E-state index is 12.0. The van der Waals surface area contributed by atoms with Gasteiger partial charge in [0, 0.05) is 0 Å². The van der Waals surface area contributed by atoms with Crippen LogP contribution >= 0.6 is 7.82 Å². The minimum Gasteiger partial charge on any atom is -0.386 e. The number of carbonyl (C=O) groups is 2. The fraction of sp³-hybridized carbons (Fsp3) is 0.263. The second kappa shape index (κ2) is 10.7. The largest absolute Gasteiger partial charge is 0.466 e. The van der Waals surface area contributed by atoms with Crippen molar-refractivity contribution >= 4 is 19.8 Å². The van der Waals surface area contributed by atoms with Crippen molar-refractivity contribution in [1.29, 1.82) is 0 Å². The van der Waals surface area contributed by atoms with Gasteiger partial charge >= 0.3 is 19.8 Å². The van der Waals surface area contributed by atoms with E-state index in [0.717, 1.165) is 24.8 Å². The molecule has 0 heterocycles. The maximum atomic E-state index is 12.0. The molecule has 0 aliphatic heterocycles. The molecule has 2 aromatic carbocycles. The first-order valence-corrected chi connectivity index (χ1v) is 9.87. The lowest BCUT2D eigenvalue weighted by molar-refractivity contribution is 0.0397. The van der Waals surface area contributed by atoms with E-state index in [9.17, 15) is 9.59 Å². The number of benzene rings is 2. The van der Waals surface area contributed by atoms with Gasteiger partial charge in [-0.1, -0.05) is 43.7 Å². The fourth-order valence-corrected chi connectivity index (χ4v) is 2.19. The summed E-state index contributed by atoms with van der Waals surface area (Å²) in [5.74, 6) is -1.23. The Morgan fingerprint density at radius 3 is 2.04 bits per heavy atom. The zero-order valence-corrected chi connectivity index (χ0v) is 16.1. The average Bonchev–Trinajstić information content (AvgIpc) is 2.59. The molecule has 2 aromatic rings. The van der Waals surface area contributed by atoms with E-state index in [4.69, 9.17) is 24.0 Å². The monoisotopic (exact) mass is 394 g/mol. The van der Waals surface area contributed by atoms with Gasteiger partial charge in [-0.2, -0.15) is 0 Å². The number of esters is 2. The van der Waals surface area contributed by atoms with Gasteiger partial charge in [-0.05, 0) is 49.1 Å². The number of hydrogen-bond donors (Lipinski definition) is 3. The van der Waals surface area contributed by atoms with Crippen molar-refractivity contribution < 1.29 is 33.6 Å². The van der Waals surface area contributed by atoms with Crippen LogP contribution in [0, 0.1) is 6.92 Å². The third-order valence-corrected chi connectivity index (χ3v) is 3.56. The fourth-order valence-electron chi connectivity index (χ4n) is 2.19. The van der Waals surface area contributed by atoms with Crippen molar-refractivity contribution in [2.75, 3.05) is 0 Å². The number of unbranched alkanes of at least 4 members (excludes halogenated alkanes) is 1. The number of phosphoric acid groups is 1. The zero-order chi connectivity index (χ0) is 20.4. The highest BCUT2D eigenvalue weighted by Crippen LogP contribution is 2.25. The Kier molecular flexibility index (Phi) is 9.05. The topological polar surface area (TPSA) is 121 Å². The maximum Gasteiger partial charge on any atom is 0.466 e. The molecular weight excluding hydrogens is 371 g/mol. The smallest absolute Gasteiger partial charge is 0.386 e. The second-order valence-electron chi connectivity index (χ2n) is 5.81. The predicted octanol–water partition coefficient (Wildman–Crippen LogP) is 3.41. The molecule has 0 aromatic heterocycles. The van der Waals surface area contributed by atoms with Crippen molar-refractivity contribution in [3.8, 4) is 0 Å². The molecule has 0 radical (unpaired) electrons. The Hall–Kier alpha value is -2.31. The van der Waals surface area contributed by atoms with Crippen LogP contribution in [0.5, 0.6) is 0 Å². The lowest BCUT2D eigenvalue weighted by Gasteiger charge is -2.06. The van der Waals surface area contributed by atoms with Crippen molar-refractivity contribution in [1.82, 2.24) is 0 Å². The van der Waals surface area contributed by atoms with Crippen LogP contribution in [0.3, 0.4) is 0 Å². The van der Waals surface area contributed by atoms with E-state index in [-0.39, 0.29) is 0 Å². The van der Waals surface area contributed by atoms with E-state index in [1.54, 1.807) is 24.3 Å². The molecular formula is C19H23O7P. The molecule has 0 amide bonds. The van der Waals surface area contributed by atoms with Crippen LogP contribution in [0.2, 0.25) is 0 Å². The van der Waals surface area contributed by atoms with Crippen molar-refractivity contribution in [3.05, 3.63) is 70.8 Å². The molecule has 7 nitrogen and oxygen atoms in total. The van der Waals surface area contributed by atoms with Crippen LogP contribution in [0.15, 0.2) is 48.5 Å². The van der Waals surface area contributed by atoms with Gasteiger partial charge in [0.05, 0.1) is 11.1 Å². The quantitative estimate of drug-likeness (QED) is 0.404. The number of aryl methyl sites for hydroxylation is 2. The molecule has 3 N–H and O–H groups in total. The van der Waals surface area contributed by atoms with Gasteiger partial charge in [0.25, 0.3) is 0 Å². The summed E-state index contributed by atoms with van der Waals surface area (Å²) in [6.07, 6.45) is 3.25. The number of ether oxygens (including phenoxy) is 1. The van der Waals surface area contributed by atoms with E-state index < -0.39 is 19.8 Å². The van der Waals surface area contributed by atoms with Gasteiger partial charge in [-0.25, -0.2) is 14.2 Å². The van der Waals surface area contributed by atoms with Gasteiger partial charge in [0.1, 0.15) is 0 Å². The third-order valence-electron chi connectivity index (χ3n) is 3.56. The Labute approximate surface area is 157 Å². The molecule has 0 fully saturated rings. The first-order chi connectivity index (χ1) is 12.6. The summed E-state index contributed by atoms with van der Waals surface area (Å²) in [4.78, 5) is 45.6. The summed E-state index contributed by atoms with van der Waals surface area (Å²) in [5.41, 5.74) is 2.77. The van der Waals surface area contributed by atoms with Crippen LogP contribution in [0.4, 0.5) is 0 Å². The summed E-state index contributed by atoms with van der Waals surface area (Å²) < 4.78 is 13.8. The number of carbonyl (C=O) groups excluding carboxylic acids is 2. The zero-order valence-electron chi connectivity index (χ0n) is 15.2. The molecule has 0 saturated carbocycles. The van der Waals surface area contributed by atoms with Crippen molar-refractivity contribution in [2.24, 2.45) is 0 Å². The lowest BCUT2D eigenvalue weighted by atomic mass is 10.1. The molecule has 27 heavy (non-hydrogen) atoms. The Morgan fingerprint density at radius 2 is 1.52 bits per heavy atom. The van der Waals surface area contributed by atoms with Crippen molar-refractivity contribution in [3.63, 3.8) is 0 Å². The minimum atomic E-state index is -4.64. The van der Waals surface area contributed by atoms with E-state index in [1.807, 2.05) is 31.2 Å². The molecule has 8 heteroatoms. The lowest BCUT2D eigenvalue weighted by Crippen LogP contribution is -2.13. The van der Waals surface area contributed by atoms with Gasteiger partial charge < -0.3 is 19.4 Å². The van der Waals surface area contributed by atoms with E-state index in [0.29, 0.717) is 11.1 Å². The predicted molar refractivity (Wildman–Crippen MR) is 100 cm³/mol. The van der Waals surface area contributed by atoms with Gasteiger partial charge in [-0.15, -0.1) is 0 Å². The summed E-state index contributed by atoms with van der Waals surface area (Å²) in [7, 11) is -4.64. The standard InChI is InChI=1S/C19H20O3.H3O4P/c1-3-4-8-15-10-12-16(13-11-15)18(20)22-19(21)17-9-6-5-7-14(17)2;1-5(2,3)4/h5-7,9-13H,3-4,8H2,1-2H3;(H3,1,2,3,4). The molecule has 0 saturated heterocycles. The molecule has 0 unspecified atom stereocenters. The second-order valence-corrected chi connectivity index (χ2v) is 6.83. The number of hydrogen-bond acceptors (Lipinski definition) is 4. The first-order valence-electron chi connectivity index (χ1n) is 8.31. The van der Waals surface area contributed by atoms with E-state index >= 15 is 0 Å². The van der Waals surface area contributed by atoms with Crippen LogP contribution in [0.25, 0.3) is 0 Å². The first kappa shape index (κ1) is 22.7. The Morgan fingerprint density at radius 1 is 0.963 bits per heavy atom. The van der Waals surface area contributed by atoms with Crippen LogP contribution in [-0.2, 0) is 15.7 Å². The van der Waals surface area contributed by atoms with Gasteiger partial charge in [0.15, 0.2) is 0 Å². The molecule has 0 spiro atoms. The highest BCUT2D eigenvalue weighted by Gasteiger charge is 2.16. The molecule has 0 aliphatic rings. The Balaban J connectivity index is 0.000000646. The molecule has 146 valence electrons.